The zero-order valence-electron chi connectivity index (χ0n) is 21.1. The fraction of sp³-hybridized carbons (Fsp3) is 0.357. The molecule has 2 aromatic rings. The van der Waals surface area contributed by atoms with Gasteiger partial charge in [-0.2, -0.15) is 0 Å². The molecule has 0 radical (unpaired) electrons. The maximum absolute atomic E-state index is 13.4. The molecule has 1 atom stereocenters. The fourth-order valence-corrected chi connectivity index (χ4v) is 4.57. The Bertz CT molecular complexity index is 1170. The number of Topliss-reactive ketones (excluding diaryl/α,β-unsaturated/α-hetero) is 1. The van der Waals surface area contributed by atoms with Crippen molar-refractivity contribution in [3.8, 4) is 17.2 Å². The van der Waals surface area contributed by atoms with Crippen LogP contribution in [0, 0.1) is 0 Å². The molecule has 0 aromatic heterocycles. The lowest BCUT2D eigenvalue weighted by molar-refractivity contribution is -0.140. The van der Waals surface area contributed by atoms with Gasteiger partial charge in [-0.3, -0.25) is 14.5 Å². The smallest absolute Gasteiger partial charge is 0.295 e. The van der Waals surface area contributed by atoms with Crippen molar-refractivity contribution in [1.82, 2.24) is 9.80 Å². The minimum Gasteiger partial charge on any atom is -0.507 e. The van der Waals surface area contributed by atoms with Crippen LogP contribution in [0.3, 0.4) is 0 Å². The third-order valence-electron chi connectivity index (χ3n) is 6.53. The molecule has 9 heteroatoms. The molecule has 2 saturated heterocycles. The highest BCUT2D eigenvalue weighted by Gasteiger charge is 2.47. The quantitative estimate of drug-likeness (QED) is 0.226. The fourth-order valence-electron chi connectivity index (χ4n) is 4.57. The van der Waals surface area contributed by atoms with E-state index in [1.165, 1.54) is 12.0 Å². The number of methoxy groups -OCH3 is 2. The van der Waals surface area contributed by atoms with Crippen molar-refractivity contribution in [3.63, 3.8) is 0 Å². The van der Waals surface area contributed by atoms with Gasteiger partial charge in [0.1, 0.15) is 29.6 Å². The summed E-state index contributed by atoms with van der Waals surface area (Å²) in [5, 5.41) is 11.3. The molecule has 1 amide bonds. The first-order chi connectivity index (χ1) is 18.0. The van der Waals surface area contributed by atoms with E-state index in [1.807, 2.05) is 0 Å². The summed E-state index contributed by atoms with van der Waals surface area (Å²) < 4.78 is 21.9. The first-order valence-corrected chi connectivity index (χ1v) is 12.1. The Morgan fingerprint density at radius 3 is 2.41 bits per heavy atom. The molecule has 0 aliphatic carbocycles. The van der Waals surface area contributed by atoms with Crippen LogP contribution in [-0.2, 0) is 14.3 Å². The van der Waals surface area contributed by atoms with Crippen molar-refractivity contribution in [1.29, 1.82) is 0 Å². The van der Waals surface area contributed by atoms with Crippen LogP contribution >= 0.6 is 0 Å². The van der Waals surface area contributed by atoms with Gasteiger partial charge in [0.2, 0.25) is 0 Å². The second kappa shape index (κ2) is 11.9. The number of hydrogen-bond donors (Lipinski definition) is 1. The first kappa shape index (κ1) is 26.2. The first-order valence-electron chi connectivity index (χ1n) is 12.1. The third kappa shape index (κ3) is 5.63. The van der Waals surface area contributed by atoms with E-state index in [-0.39, 0.29) is 11.3 Å². The molecule has 0 saturated carbocycles. The second-order valence-corrected chi connectivity index (χ2v) is 8.68. The van der Waals surface area contributed by atoms with Crippen LogP contribution in [0.1, 0.15) is 17.2 Å². The number of likely N-dealkylation sites (tertiary alicyclic amines) is 1. The Morgan fingerprint density at radius 1 is 1.05 bits per heavy atom. The summed E-state index contributed by atoms with van der Waals surface area (Å²) in [7, 11) is 3.06. The number of morpholine rings is 1. The zero-order valence-corrected chi connectivity index (χ0v) is 21.1. The minimum absolute atomic E-state index is 0.00945. The van der Waals surface area contributed by atoms with E-state index < -0.39 is 17.7 Å². The molecule has 4 rings (SSSR count). The molecule has 0 spiro atoms. The predicted molar refractivity (Wildman–Crippen MR) is 138 cm³/mol. The highest BCUT2D eigenvalue weighted by atomic mass is 16.5. The van der Waals surface area contributed by atoms with E-state index in [1.54, 1.807) is 55.7 Å². The molecule has 0 unspecified atom stereocenters. The summed E-state index contributed by atoms with van der Waals surface area (Å²) in [5.41, 5.74) is 0.988. The van der Waals surface area contributed by atoms with Gasteiger partial charge in [-0.05, 0) is 36.4 Å². The van der Waals surface area contributed by atoms with E-state index in [0.717, 1.165) is 13.1 Å². The summed E-state index contributed by atoms with van der Waals surface area (Å²) in [6.07, 6.45) is 1.63. The molecule has 0 bridgehead atoms. The van der Waals surface area contributed by atoms with Crippen molar-refractivity contribution in [2.75, 3.05) is 60.2 Å². The Hall–Kier alpha value is -3.82. The van der Waals surface area contributed by atoms with Crippen molar-refractivity contribution >= 4 is 17.4 Å². The van der Waals surface area contributed by atoms with Gasteiger partial charge in [-0.1, -0.05) is 12.7 Å². The van der Waals surface area contributed by atoms with Gasteiger partial charge in [0.25, 0.3) is 11.7 Å². The average molecular weight is 509 g/mol. The normalized spacial score (nSPS) is 19.6. The van der Waals surface area contributed by atoms with E-state index >= 15 is 0 Å². The Kier molecular flexibility index (Phi) is 8.47. The minimum atomic E-state index is -0.835. The van der Waals surface area contributed by atoms with Crippen molar-refractivity contribution in [3.05, 3.63) is 71.8 Å². The molecule has 1 N–H and O–H groups in total. The van der Waals surface area contributed by atoms with Gasteiger partial charge < -0.3 is 29.0 Å². The molecular weight excluding hydrogens is 476 g/mol. The summed E-state index contributed by atoms with van der Waals surface area (Å²) in [5.74, 6) is -0.0539. The third-order valence-corrected chi connectivity index (χ3v) is 6.53. The van der Waals surface area contributed by atoms with Crippen LogP contribution in [0.4, 0.5) is 0 Å². The number of nitrogens with zero attached hydrogens (tertiary/aromatic N) is 2. The Balaban J connectivity index is 1.75. The summed E-state index contributed by atoms with van der Waals surface area (Å²) in [4.78, 5) is 30.3. The summed E-state index contributed by atoms with van der Waals surface area (Å²) in [6, 6.07) is 11.0. The molecule has 37 heavy (non-hydrogen) atoms. The highest BCUT2D eigenvalue weighted by molar-refractivity contribution is 6.46. The van der Waals surface area contributed by atoms with Gasteiger partial charge >= 0.3 is 0 Å². The second-order valence-electron chi connectivity index (χ2n) is 8.68. The van der Waals surface area contributed by atoms with Crippen LogP contribution in [0.15, 0.2) is 60.7 Å². The monoisotopic (exact) mass is 508 g/mol. The van der Waals surface area contributed by atoms with E-state index in [4.69, 9.17) is 18.9 Å². The average Bonchev–Trinajstić information content (AvgIpc) is 3.19. The van der Waals surface area contributed by atoms with Gasteiger partial charge in [0.15, 0.2) is 0 Å². The molecule has 2 aliphatic rings. The number of aliphatic hydroxyl groups excluding tert-OH is 1. The summed E-state index contributed by atoms with van der Waals surface area (Å²) in [6.45, 7) is 7.60. The Labute approximate surface area is 216 Å². The van der Waals surface area contributed by atoms with Crippen molar-refractivity contribution in [2.45, 2.75) is 6.04 Å². The number of aliphatic hydroxyl groups is 1. The van der Waals surface area contributed by atoms with Gasteiger partial charge in [0, 0.05) is 43.4 Å². The van der Waals surface area contributed by atoms with Crippen LogP contribution < -0.4 is 14.2 Å². The van der Waals surface area contributed by atoms with Gasteiger partial charge in [-0.15, -0.1) is 0 Å². The van der Waals surface area contributed by atoms with Crippen LogP contribution in [0.25, 0.3) is 5.76 Å². The topological polar surface area (TPSA) is 97.8 Å². The lowest BCUT2D eigenvalue weighted by atomic mass is 9.94. The Morgan fingerprint density at radius 2 is 1.76 bits per heavy atom. The molecule has 9 nitrogen and oxygen atoms in total. The van der Waals surface area contributed by atoms with E-state index in [2.05, 4.69) is 11.5 Å². The van der Waals surface area contributed by atoms with Crippen LogP contribution in [-0.4, -0.2) is 86.8 Å². The van der Waals surface area contributed by atoms with Gasteiger partial charge in [0.05, 0.1) is 39.0 Å². The molecular formula is C28H32N2O7. The van der Waals surface area contributed by atoms with Gasteiger partial charge in [-0.25, -0.2) is 0 Å². The van der Waals surface area contributed by atoms with Crippen molar-refractivity contribution < 1.29 is 33.6 Å². The lowest BCUT2D eigenvalue weighted by Gasteiger charge is -2.31. The van der Waals surface area contributed by atoms with Crippen LogP contribution in [0.2, 0.25) is 0 Å². The standard InChI is InChI=1S/C28H32N2O7/c1-4-15-37-20-7-5-19(6-8-20)26(31)24-25(22-10-9-21(34-2)18-23(22)35-3)30(28(33)27(24)32)12-11-29-13-16-36-17-14-29/h4-10,18,25,31H,1,11-17H2,2-3H3/t25-/m1/s1. The number of ketones is 1. The van der Waals surface area contributed by atoms with Crippen LogP contribution in [0.5, 0.6) is 17.2 Å². The molecule has 2 fully saturated rings. The molecule has 2 aromatic carbocycles. The maximum Gasteiger partial charge on any atom is 0.295 e. The number of hydrogen-bond acceptors (Lipinski definition) is 8. The molecule has 196 valence electrons. The van der Waals surface area contributed by atoms with Crippen molar-refractivity contribution in [2.24, 2.45) is 0 Å². The zero-order chi connectivity index (χ0) is 26.4. The SMILES string of the molecule is C=CCOc1ccc(C(O)=C2C(=O)C(=O)N(CCN3CCOCC3)[C@@H]2c2ccc(OC)cc2OC)cc1. The number of benzene rings is 2. The summed E-state index contributed by atoms with van der Waals surface area (Å²) >= 11 is 0. The number of carbonyl (C=O) groups excluding carboxylic acids is 2. The highest BCUT2D eigenvalue weighted by Crippen LogP contribution is 2.43. The predicted octanol–water partition coefficient (Wildman–Crippen LogP) is 3.02. The number of rotatable bonds is 10. The largest absolute Gasteiger partial charge is 0.507 e. The molecule has 2 aliphatic heterocycles. The maximum atomic E-state index is 13.4. The van der Waals surface area contributed by atoms with E-state index in [0.29, 0.717) is 61.3 Å². The number of amides is 1. The number of ether oxygens (including phenoxy) is 4. The molecule has 2 heterocycles. The lowest BCUT2D eigenvalue weighted by Crippen LogP contribution is -2.42. The number of carbonyl (C=O) groups is 2. The van der Waals surface area contributed by atoms with E-state index in [9.17, 15) is 14.7 Å².